The molecule has 26 heavy (non-hydrogen) atoms. The SMILES string of the molecule is O=C(c1cncn1-c1ccccc1)N1CCCN(c2cccnn2)CC1. The lowest BCUT2D eigenvalue weighted by Crippen LogP contribution is -2.36. The van der Waals surface area contributed by atoms with E-state index in [-0.39, 0.29) is 5.91 Å². The van der Waals surface area contributed by atoms with Crippen LogP contribution in [-0.2, 0) is 0 Å². The number of para-hydroxylation sites is 1. The van der Waals surface area contributed by atoms with Gasteiger partial charge in [-0.1, -0.05) is 18.2 Å². The van der Waals surface area contributed by atoms with Gasteiger partial charge in [-0.2, -0.15) is 5.10 Å². The number of rotatable bonds is 3. The molecular formula is C19H20N6O. The zero-order valence-electron chi connectivity index (χ0n) is 14.4. The largest absolute Gasteiger partial charge is 0.353 e. The second-order valence-corrected chi connectivity index (χ2v) is 6.20. The van der Waals surface area contributed by atoms with Gasteiger partial charge in [0.25, 0.3) is 5.91 Å². The standard InChI is InChI=1S/C19H20N6O/c26-19(17-14-20-15-25(17)16-6-2-1-3-7-16)24-11-5-10-23(12-13-24)18-8-4-9-21-22-18/h1-4,6-9,14-15H,5,10-13H2. The molecule has 0 saturated carbocycles. The normalized spacial score (nSPS) is 14.9. The molecular weight excluding hydrogens is 328 g/mol. The molecule has 0 spiro atoms. The highest BCUT2D eigenvalue weighted by atomic mass is 16.2. The second kappa shape index (κ2) is 7.35. The van der Waals surface area contributed by atoms with Crippen molar-refractivity contribution in [2.24, 2.45) is 0 Å². The first-order valence-corrected chi connectivity index (χ1v) is 8.72. The number of amides is 1. The van der Waals surface area contributed by atoms with Gasteiger partial charge in [0, 0.05) is 38.1 Å². The monoisotopic (exact) mass is 348 g/mol. The molecule has 0 aliphatic carbocycles. The topological polar surface area (TPSA) is 67.2 Å². The van der Waals surface area contributed by atoms with E-state index in [1.54, 1.807) is 18.7 Å². The minimum atomic E-state index is 0.00680. The molecule has 3 aromatic rings. The molecule has 1 aliphatic heterocycles. The number of anilines is 1. The van der Waals surface area contributed by atoms with E-state index in [1.807, 2.05) is 51.9 Å². The molecule has 7 heteroatoms. The predicted molar refractivity (Wildman–Crippen MR) is 98.3 cm³/mol. The predicted octanol–water partition coefficient (Wildman–Crippen LogP) is 2.01. The van der Waals surface area contributed by atoms with E-state index in [0.717, 1.165) is 37.6 Å². The molecule has 0 unspecified atom stereocenters. The Balaban J connectivity index is 1.51. The lowest BCUT2D eigenvalue weighted by molar-refractivity contribution is 0.0759. The molecule has 4 rings (SSSR count). The van der Waals surface area contributed by atoms with Gasteiger partial charge in [-0.25, -0.2) is 4.98 Å². The Hall–Kier alpha value is -3.22. The Morgan fingerprint density at radius 2 is 1.85 bits per heavy atom. The molecule has 2 aromatic heterocycles. The fourth-order valence-corrected chi connectivity index (χ4v) is 3.22. The Morgan fingerprint density at radius 1 is 0.962 bits per heavy atom. The minimum absolute atomic E-state index is 0.00680. The van der Waals surface area contributed by atoms with Crippen LogP contribution >= 0.6 is 0 Å². The molecule has 1 aromatic carbocycles. The number of imidazole rings is 1. The quantitative estimate of drug-likeness (QED) is 0.724. The molecule has 0 bridgehead atoms. The number of aromatic nitrogens is 4. The van der Waals surface area contributed by atoms with Gasteiger partial charge < -0.3 is 9.80 Å². The molecule has 0 N–H and O–H groups in total. The highest BCUT2D eigenvalue weighted by Gasteiger charge is 2.23. The zero-order chi connectivity index (χ0) is 17.8. The summed E-state index contributed by atoms with van der Waals surface area (Å²) in [6.07, 6.45) is 5.89. The zero-order valence-corrected chi connectivity index (χ0v) is 14.4. The van der Waals surface area contributed by atoms with Crippen molar-refractivity contribution in [3.63, 3.8) is 0 Å². The van der Waals surface area contributed by atoms with Gasteiger partial charge in [0.2, 0.25) is 0 Å². The second-order valence-electron chi connectivity index (χ2n) is 6.20. The molecule has 3 heterocycles. The van der Waals surface area contributed by atoms with Crippen molar-refractivity contribution in [3.8, 4) is 5.69 Å². The fraction of sp³-hybridized carbons (Fsp3) is 0.263. The third-order valence-electron chi connectivity index (χ3n) is 4.56. The van der Waals surface area contributed by atoms with Crippen LogP contribution in [0.4, 0.5) is 5.82 Å². The Bertz CT molecular complexity index is 864. The molecule has 1 saturated heterocycles. The van der Waals surface area contributed by atoms with Crippen LogP contribution in [0.2, 0.25) is 0 Å². The first kappa shape index (κ1) is 16.3. The van der Waals surface area contributed by atoms with Gasteiger partial charge >= 0.3 is 0 Å². The molecule has 7 nitrogen and oxygen atoms in total. The van der Waals surface area contributed by atoms with Gasteiger partial charge in [0.15, 0.2) is 5.82 Å². The third-order valence-corrected chi connectivity index (χ3v) is 4.56. The van der Waals surface area contributed by atoms with Gasteiger partial charge in [0.1, 0.15) is 5.69 Å². The highest BCUT2D eigenvalue weighted by Crippen LogP contribution is 2.16. The van der Waals surface area contributed by atoms with E-state index in [2.05, 4.69) is 20.1 Å². The van der Waals surface area contributed by atoms with E-state index >= 15 is 0 Å². The summed E-state index contributed by atoms with van der Waals surface area (Å²) in [5, 5.41) is 8.12. The molecule has 132 valence electrons. The van der Waals surface area contributed by atoms with E-state index < -0.39 is 0 Å². The summed E-state index contributed by atoms with van der Waals surface area (Å²) in [5.41, 5.74) is 1.52. The van der Waals surface area contributed by atoms with Crippen molar-refractivity contribution < 1.29 is 4.79 Å². The first-order chi connectivity index (χ1) is 12.8. The van der Waals surface area contributed by atoms with Crippen molar-refractivity contribution in [2.45, 2.75) is 6.42 Å². The fourth-order valence-electron chi connectivity index (χ4n) is 3.22. The summed E-state index contributed by atoms with van der Waals surface area (Å²) in [7, 11) is 0. The average molecular weight is 348 g/mol. The van der Waals surface area contributed by atoms with Crippen molar-refractivity contribution in [1.82, 2.24) is 24.6 Å². The number of benzene rings is 1. The third kappa shape index (κ3) is 3.28. The molecule has 1 aliphatic rings. The first-order valence-electron chi connectivity index (χ1n) is 8.72. The summed E-state index contributed by atoms with van der Waals surface area (Å²) in [5.74, 6) is 0.864. The van der Waals surface area contributed by atoms with E-state index in [9.17, 15) is 4.79 Å². The van der Waals surface area contributed by atoms with Crippen molar-refractivity contribution in [2.75, 3.05) is 31.1 Å². The van der Waals surface area contributed by atoms with Crippen LogP contribution < -0.4 is 4.90 Å². The Labute approximate surface area is 151 Å². The van der Waals surface area contributed by atoms with Crippen LogP contribution in [0.15, 0.2) is 61.2 Å². The van der Waals surface area contributed by atoms with Gasteiger partial charge in [0.05, 0.1) is 12.5 Å². The minimum Gasteiger partial charge on any atom is -0.353 e. The van der Waals surface area contributed by atoms with Crippen LogP contribution in [0, 0.1) is 0 Å². The summed E-state index contributed by atoms with van der Waals surface area (Å²) < 4.78 is 1.84. The van der Waals surface area contributed by atoms with Crippen LogP contribution in [-0.4, -0.2) is 56.7 Å². The Kier molecular flexibility index (Phi) is 4.59. The number of hydrogen-bond donors (Lipinski definition) is 0. The lowest BCUT2D eigenvalue weighted by Gasteiger charge is -2.22. The smallest absolute Gasteiger partial charge is 0.272 e. The van der Waals surface area contributed by atoms with Crippen LogP contribution in [0.25, 0.3) is 5.69 Å². The van der Waals surface area contributed by atoms with Gasteiger partial charge in [-0.05, 0) is 30.7 Å². The van der Waals surface area contributed by atoms with E-state index in [0.29, 0.717) is 12.2 Å². The maximum Gasteiger partial charge on any atom is 0.272 e. The molecule has 0 radical (unpaired) electrons. The number of nitrogens with zero attached hydrogens (tertiary/aromatic N) is 6. The summed E-state index contributed by atoms with van der Waals surface area (Å²) in [4.78, 5) is 21.3. The van der Waals surface area contributed by atoms with Crippen LogP contribution in [0.1, 0.15) is 16.9 Å². The number of carbonyl (C=O) groups is 1. The summed E-state index contributed by atoms with van der Waals surface area (Å²) >= 11 is 0. The van der Waals surface area contributed by atoms with E-state index in [1.165, 1.54) is 0 Å². The maximum atomic E-state index is 13.1. The molecule has 1 amide bonds. The van der Waals surface area contributed by atoms with Crippen LogP contribution in [0.5, 0.6) is 0 Å². The Morgan fingerprint density at radius 3 is 2.65 bits per heavy atom. The average Bonchev–Trinajstić information content (AvgIpc) is 3.06. The van der Waals surface area contributed by atoms with Crippen molar-refractivity contribution in [3.05, 3.63) is 66.9 Å². The van der Waals surface area contributed by atoms with Gasteiger partial charge in [-0.3, -0.25) is 9.36 Å². The summed E-state index contributed by atoms with van der Waals surface area (Å²) in [6.45, 7) is 2.97. The summed E-state index contributed by atoms with van der Waals surface area (Å²) in [6, 6.07) is 13.6. The van der Waals surface area contributed by atoms with E-state index in [4.69, 9.17) is 0 Å². The van der Waals surface area contributed by atoms with Crippen molar-refractivity contribution in [1.29, 1.82) is 0 Å². The highest BCUT2D eigenvalue weighted by molar-refractivity contribution is 5.93. The van der Waals surface area contributed by atoms with Crippen LogP contribution in [0.3, 0.4) is 0 Å². The maximum absolute atomic E-state index is 13.1. The number of carbonyl (C=O) groups excluding carboxylic acids is 1. The number of hydrogen-bond acceptors (Lipinski definition) is 5. The lowest BCUT2D eigenvalue weighted by atomic mass is 10.3. The molecule has 0 atom stereocenters. The van der Waals surface area contributed by atoms with Gasteiger partial charge in [-0.15, -0.1) is 5.10 Å². The molecule has 1 fully saturated rings. The van der Waals surface area contributed by atoms with Crippen molar-refractivity contribution >= 4 is 11.7 Å².